The largest absolute Gasteiger partial charge is 0.497 e. The molecule has 1 aliphatic heterocycles. The van der Waals surface area contributed by atoms with E-state index in [1.165, 1.54) is 0 Å². The highest BCUT2D eigenvalue weighted by atomic mass is 16.5. The lowest BCUT2D eigenvalue weighted by Crippen LogP contribution is -2.49. The minimum Gasteiger partial charge on any atom is -0.497 e. The number of fused-ring (bicyclic) bond motifs is 1. The predicted octanol–water partition coefficient (Wildman–Crippen LogP) is 2.60. The number of hydrogen-bond acceptors (Lipinski definition) is 5. The predicted molar refractivity (Wildman–Crippen MR) is 101 cm³/mol. The van der Waals surface area contributed by atoms with Crippen LogP contribution in [0.25, 0.3) is 10.8 Å². The molecule has 132 valence electrons. The van der Waals surface area contributed by atoms with Crippen LogP contribution in [0.4, 0.5) is 5.82 Å². The molecular weight excluding hydrogens is 328 g/mol. The SMILES string of the molecule is COc1ccc(C(=O)N2CCN(c3nncc4ccccc34)CC2)cc1. The van der Waals surface area contributed by atoms with Crippen LogP contribution in [0.1, 0.15) is 10.4 Å². The van der Waals surface area contributed by atoms with E-state index < -0.39 is 0 Å². The highest BCUT2D eigenvalue weighted by Gasteiger charge is 2.24. The summed E-state index contributed by atoms with van der Waals surface area (Å²) in [4.78, 5) is 16.8. The maximum absolute atomic E-state index is 12.7. The first kappa shape index (κ1) is 16.3. The molecule has 6 heteroatoms. The average molecular weight is 348 g/mol. The van der Waals surface area contributed by atoms with E-state index in [2.05, 4.69) is 21.2 Å². The van der Waals surface area contributed by atoms with Crippen LogP contribution in [0.3, 0.4) is 0 Å². The zero-order valence-corrected chi connectivity index (χ0v) is 14.6. The van der Waals surface area contributed by atoms with E-state index in [1.54, 1.807) is 13.3 Å². The molecule has 1 aliphatic rings. The first-order chi connectivity index (χ1) is 12.8. The molecule has 0 unspecified atom stereocenters. The number of anilines is 1. The number of benzene rings is 2. The van der Waals surface area contributed by atoms with Crippen molar-refractivity contribution in [1.82, 2.24) is 15.1 Å². The zero-order valence-electron chi connectivity index (χ0n) is 14.6. The lowest BCUT2D eigenvalue weighted by atomic mass is 10.1. The Morgan fingerprint density at radius 2 is 1.73 bits per heavy atom. The van der Waals surface area contributed by atoms with Crippen molar-refractivity contribution in [2.24, 2.45) is 0 Å². The summed E-state index contributed by atoms with van der Waals surface area (Å²) in [6, 6.07) is 15.4. The highest BCUT2D eigenvalue weighted by Crippen LogP contribution is 2.24. The maximum atomic E-state index is 12.7. The van der Waals surface area contributed by atoms with Gasteiger partial charge in [-0.25, -0.2) is 0 Å². The molecule has 2 heterocycles. The number of nitrogens with zero attached hydrogens (tertiary/aromatic N) is 4. The molecule has 1 fully saturated rings. The third-order valence-corrected chi connectivity index (χ3v) is 4.75. The number of hydrogen-bond donors (Lipinski definition) is 0. The van der Waals surface area contributed by atoms with Gasteiger partial charge in [-0.2, -0.15) is 5.10 Å². The quantitative estimate of drug-likeness (QED) is 0.728. The Kier molecular flexibility index (Phi) is 4.39. The van der Waals surface area contributed by atoms with Gasteiger partial charge >= 0.3 is 0 Å². The molecule has 0 saturated carbocycles. The molecule has 0 N–H and O–H groups in total. The van der Waals surface area contributed by atoms with E-state index in [0.29, 0.717) is 18.7 Å². The van der Waals surface area contributed by atoms with Crippen molar-refractivity contribution < 1.29 is 9.53 Å². The van der Waals surface area contributed by atoms with Gasteiger partial charge in [-0.15, -0.1) is 5.10 Å². The number of piperazine rings is 1. The van der Waals surface area contributed by atoms with Crippen molar-refractivity contribution in [3.8, 4) is 5.75 Å². The summed E-state index contributed by atoms with van der Waals surface area (Å²) in [6.45, 7) is 2.81. The van der Waals surface area contributed by atoms with Crippen LogP contribution >= 0.6 is 0 Å². The van der Waals surface area contributed by atoms with Gasteiger partial charge in [-0.1, -0.05) is 24.3 Å². The van der Waals surface area contributed by atoms with Crippen molar-refractivity contribution in [1.29, 1.82) is 0 Å². The van der Waals surface area contributed by atoms with Crippen molar-refractivity contribution in [2.75, 3.05) is 38.2 Å². The molecule has 4 rings (SSSR count). The molecular formula is C20H20N4O2. The molecule has 1 aromatic heterocycles. The minimum absolute atomic E-state index is 0.0521. The zero-order chi connectivity index (χ0) is 17.9. The van der Waals surface area contributed by atoms with Gasteiger partial charge in [0.05, 0.1) is 13.3 Å². The van der Waals surface area contributed by atoms with Crippen LogP contribution in [0.5, 0.6) is 5.75 Å². The number of amides is 1. The summed E-state index contributed by atoms with van der Waals surface area (Å²) in [5.74, 6) is 1.69. The van der Waals surface area contributed by atoms with Crippen LogP contribution in [0.2, 0.25) is 0 Å². The molecule has 0 spiro atoms. The minimum atomic E-state index is 0.0521. The third-order valence-electron chi connectivity index (χ3n) is 4.75. The fourth-order valence-electron chi connectivity index (χ4n) is 3.28. The molecule has 6 nitrogen and oxygen atoms in total. The molecule has 0 atom stereocenters. The summed E-state index contributed by atoms with van der Waals surface area (Å²) in [6.07, 6.45) is 1.78. The number of aromatic nitrogens is 2. The molecule has 3 aromatic rings. The number of methoxy groups -OCH3 is 1. The van der Waals surface area contributed by atoms with E-state index >= 15 is 0 Å². The second kappa shape index (κ2) is 7.00. The Bertz CT molecular complexity index is 913. The number of rotatable bonds is 3. The first-order valence-electron chi connectivity index (χ1n) is 8.65. The van der Waals surface area contributed by atoms with Gasteiger partial charge < -0.3 is 14.5 Å². The second-order valence-corrected chi connectivity index (χ2v) is 6.26. The molecule has 0 radical (unpaired) electrons. The van der Waals surface area contributed by atoms with Gasteiger partial charge in [0.15, 0.2) is 5.82 Å². The molecule has 1 amide bonds. The van der Waals surface area contributed by atoms with E-state index in [0.717, 1.165) is 35.4 Å². The summed E-state index contributed by atoms with van der Waals surface area (Å²) >= 11 is 0. The standard InChI is InChI=1S/C20H20N4O2/c1-26-17-8-6-15(7-9-17)20(25)24-12-10-23(11-13-24)19-18-5-3-2-4-16(18)14-21-22-19/h2-9,14H,10-13H2,1H3. The van der Waals surface area contributed by atoms with E-state index in [1.807, 2.05) is 47.4 Å². The normalized spacial score (nSPS) is 14.5. The van der Waals surface area contributed by atoms with Gasteiger partial charge in [-0.3, -0.25) is 4.79 Å². The molecule has 2 aromatic carbocycles. The Hall–Kier alpha value is -3.15. The lowest BCUT2D eigenvalue weighted by molar-refractivity contribution is 0.0746. The van der Waals surface area contributed by atoms with Crippen LogP contribution in [0.15, 0.2) is 54.7 Å². The molecule has 26 heavy (non-hydrogen) atoms. The topological polar surface area (TPSA) is 58.6 Å². The van der Waals surface area contributed by atoms with E-state index in [4.69, 9.17) is 4.74 Å². The summed E-state index contributed by atoms with van der Waals surface area (Å²) in [5, 5.41) is 10.6. The van der Waals surface area contributed by atoms with Gasteiger partial charge in [0.25, 0.3) is 5.91 Å². The number of carbonyl (C=O) groups is 1. The average Bonchev–Trinajstić information content (AvgIpc) is 2.73. The van der Waals surface area contributed by atoms with E-state index in [9.17, 15) is 4.79 Å². The van der Waals surface area contributed by atoms with Crippen molar-refractivity contribution in [3.05, 3.63) is 60.3 Å². The fourth-order valence-corrected chi connectivity index (χ4v) is 3.28. The Balaban J connectivity index is 1.47. The van der Waals surface area contributed by atoms with Crippen LogP contribution < -0.4 is 9.64 Å². The third kappa shape index (κ3) is 3.06. The molecule has 1 saturated heterocycles. The maximum Gasteiger partial charge on any atom is 0.253 e. The monoisotopic (exact) mass is 348 g/mol. The summed E-state index contributed by atoms with van der Waals surface area (Å²) < 4.78 is 5.15. The summed E-state index contributed by atoms with van der Waals surface area (Å²) in [5.41, 5.74) is 0.684. The van der Waals surface area contributed by atoms with Gasteiger partial charge in [0, 0.05) is 42.5 Å². The van der Waals surface area contributed by atoms with Crippen molar-refractivity contribution in [3.63, 3.8) is 0 Å². The molecule has 0 aliphatic carbocycles. The fraction of sp³-hybridized carbons (Fsp3) is 0.250. The van der Waals surface area contributed by atoms with Crippen LogP contribution in [0, 0.1) is 0 Å². The van der Waals surface area contributed by atoms with E-state index in [-0.39, 0.29) is 5.91 Å². The first-order valence-corrected chi connectivity index (χ1v) is 8.65. The Morgan fingerprint density at radius 3 is 2.46 bits per heavy atom. The summed E-state index contributed by atoms with van der Waals surface area (Å²) in [7, 11) is 1.62. The van der Waals surface area contributed by atoms with Gasteiger partial charge in [-0.05, 0) is 24.3 Å². The van der Waals surface area contributed by atoms with Crippen molar-refractivity contribution in [2.45, 2.75) is 0 Å². The molecule has 0 bridgehead atoms. The Labute approximate surface area is 152 Å². The van der Waals surface area contributed by atoms with Crippen molar-refractivity contribution >= 4 is 22.5 Å². The number of ether oxygens (including phenoxy) is 1. The van der Waals surface area contributed by atoms with Gasteiger partial charge in [0.1, 0.15) is 5.75 Å². The second-order valence-electron chi connectivity index (χ2n) is 6.26. The lowest BCUT2D eigenvalue weighted by Gasteiger charge is -2.35. The Morgan fingerprint density at radius 1 is 1.00 bits per heavy atom. The number of carbonyl (C=O) groups excluding carboxylic acids is 1. The van der Waals surface area contributed by atoms with Crippen LogP contribution in [-0.2, 0) is 0 Å². The van der Waals surface area contributed by atoms with Crippen LogP contribution in [-0.4, -0.2) is 54.3 Å². The van der Waals surface area contributed by atoms with Gasteiger partial charge in [0.2, 0.25) is 0 Å². The highest BCUT2D eigenvalue weighted by molar-refractivity contribution is 5.95. The smallest absolute Gasteiger partial charge is 0.253 e.